The molecule has 98 valence electrons. The summed E-state index contributed by atoms with van der Waals surface area (Å²) in [5, 5.41) is 8.75. The van der Waals surface area contributed by atoms with Gasteiger partial charge in [0.05, 0.1) is 0 Å². The monoisotopic (exact) mass is 284 g/mol. The fourth-order valence-corrected chi connectivity index (χ4v) is 4.93. The Morgan fingerprint density at radius 3 is 2.61 bits per heavy atom. The first kappa shape index (κ1) is 13.5. The molecular weight excluding hydrogens is 268 g/mol. The van der Waals surface area contributed by atoms with Crippen molar-refractivity contribution in [3.63, 3.8) is 0 Å². The average molecular weight is 284 g/mol. The smallest absolute Gasteiger partial charge is 0.206 e. The first-order valence-electron chi connectivity index (χ1n) is 6.08. The molecule has 1 aliphatic heterocycles. The second kappa shape index (κ2) is 5.39. The summed E-state index contributed by atoms with van der Waals surface area (Å²) >= 11 is 1.05. The highest BCUT2D eigenvalue weighted by atomic mass is 32.2. The van der Waals surface area contributed by atoms with Crippen molar-refractivity contribution < 1.29 is 8.42 Å². The third-order valence-electron chi connectivity index (χ3n) is 3.44. The lowest BCUT2D eigenvalue weighted by atomic mass is 9.96. The van der Waals surface area contributed by atoms with E-state index in [9.17, 15) is 8.42 Å². The average Bonchev–Trinajstić information content (AvgIpc) is 2.88. The van der Waals surface area contributed by atoms with Crippen molar-refractivity contribution in [1.29, 1.82) is 5.26 Å². The van der Waals surface area contributed by atoms with E-state index in [0.717, 1.165) is 30.6 Å². The number of nitrogens with zero attached hydrogens (tertiary/aromatic N) is 2. The molecule has 6 heteroatoms. The van der Waals surface area contributed by atoms with Crippen molar-refractivity contribution >= 4 is 21.4 Å². The number of hydrogen-bond donors (Lipinski definition) is 0. The molecule has 1 aromatic heterocycles. The van der Waals surface area contributed by atoms with Gasteiger partial charge in [-0.1, -0.05) is 13.3 Å². The van der Waals surface area contributed by atoms with Crippen molar-refractivity contribution in [3.8, 4) is 6.07 Å². The molecule has 0 saturated carbocycles. The van der Waals surface area contributed by atoms with E-state index in [0.29, 0.717) is 23.9 Å². The maximum atomic E-state index is 12.3. The SMILES string of the molecule is CCC1CCN(S(=O)(=O)c2ccc(C#N)s2)CC1. The van der Waals surface area contributed by atoms with Gasteiger partial charge in [0.2, 0.25) is 0 Å². The van der Waals surface area contributed by atoms with Gasteiger partial charge in [-0.2, -0.15) is 9.57 Å². The summed E-state index contributed by atoms with van der Waals surface area (Å²) in [6, 6.07) is 5.07. The van der Waals surface area contributed by atoms with Crippen LogP contribution in [0.15, 0.2) is 16.3 Å². The van der Waals surface area contributed by atoms with Crippen LogP contribution in [-0.2, 0) is 10.0 Å². The van der Waals surface area contributed by atoms with Crippen molar-refractivity contribution in [3.05, 3.63) is 17.0 Å². The highest BCUT2D eigenvalue weighted by molar-refractivity contribution is 7.91. The largest absolute Gasteiger partial charge is 0.252 e. The third-order valence-corrected chi connectivity index (χ3v) is 6.79. The van der Waals surface area contributed by atoms with E-state index >= 15 is 0 Å². The van der Waals surface area contributed by atoms with Crippen LogP contribution < -0.4 is 0 Å². The van der Waals surface area contributed by atoms with Gasteiger partial charge < -0.3 is 0 Å². The van der Waals surface area contributed by atoms with Gasteiger partial charge in [0, 0.05) is 13.1 Å². The lowest BCUT2D eigenvalue weighted by Gasteiger charge is -2.30. The molecule has 18 heavy (non-hydrogen) atoms. The lowest BCUT2D eigenvalue weighted by Crippen LogP contribution is -2.37. The number of thiophene rings is 1. The zero-order valence-corrected chi connectivity index (χ0v) is 11.9. The van der Waals surface area contributed by atoms with Crippen LogP contribution in [-0.4, -0.2) is 25.8 Å². The van der Waals surface area contributed by atoms with E-state index in [4.69, 9.17) is 5.26 Å². The van der Waals surface area contributed by atoms with Crippen molar-refractivity contribution in [2.75, 3.05) is 13.1 Å². The Labute approximate surface area is 112 Å². The summed E-state index contributed by atoms with van der Waals surface area (Å²) in [5.74, 6) is 0.648. The normalized spacial score (nSPS) is 18.7. The van der Waals surface area contributed by atoms with Gasteiger partial charge in [-0.15, -0.1) is 11.3 Å². The van der Waals surface area contributed by atoms with Gasteiger partial charge in [0.15, 0.2) is 0 Å². The van der Waals surface area contributed by atoms with E-state index < -0.39 is 10.0 Å². The van der Waals surface area contributed by atoms with Gasteiger partial charge in [-0.3, -0.25) is 0 Å². The Morgan fingerprint density at radius 2 is 2.11 bits per heavy atom. The molecule has 4 nitrogen and oxygen atoms in total. The second-order valence-electron chi connectivity index (χ2n) is 4.49. The molecule has 1 aromatic rings. The molecule has 2 heterocycles. The van der Waals surface area contributed by atoms with Crippen LogP contribution in [0.1, 0.15) is 31.1 Å². The van der Waals surface area contributed by atoms with E-state index in [1.54, 1.807) is 10.4 Å². The Kier molecular flexibility index (Phi) is 4.05. The van der Waals surface area contributed by atoms with Crippen LogP contribution in [0.3, 0.4) is 0 Å². The number of rotatable bonds is 3. The predicted molar refractivity (Wildman–Crippen MR) is 70.8 cm³/mol. The number of piperidine rings is 1. The molecule has 0 spiro atoms. The molecule has 0 amide bonds. The summed E-state index contributed by atoms with van der Waals surface area (Å²) in [4.78, 5) is 0.442. The first-order chi connectivity index (χ1) is 8.57. The minimum atomic E-state index is -3.38. The quantitative estimate of drug-likeness (QED) is 0.856. The third kappa shape index (κ3) is 2.58. The standard InChI is InChI=1S/C12H16N2O2S2/c1-2-10-5-7-14(8-6-10)18(15,16)12-4-3-11(9-13)17-12/h3-4,10H,2,5-8H2,1H3. The number of sulfonamides is 1. The van der Waals surface area contributed by atoms with Crippen LogP contribution in [0.4, 0.5) is 0 Å². The maximum Gasteiger partial charge on any atom is 0.252 e. The molecule has 0 aromatic carbocycles. The summed E-state index contributed by atoms with van der Waals surface area (Å²) in [6.07, 6.45) is 2.99. The van der Waals surface area contributed by atoms with Crippen molar-refractivity contribution in [2.45, 2.75) is 30.4 Å². The summed E-state index contributed by atoms with van der Waals surface area (Å²) in [7, 11) is -3.38. The maximum absolute atomic E-state index is 12.3. The predicted octanol–water partition coefficient (Wildman–Crippen LogP) is 2.43. The molecule has 2 rings (SSSR count). The molecule has 1 aliphatic rings. The van der Waals surface area contributed by atoms with Crippen molar-refractivity contribution in [2.24, 2.45) is 5.92 Å². The molecule has 1 fully saturated rings. The summed E-state index contributed by atoms with van der Waals surface area (Å²) in [6.45, 7) is 3.34. The fraction of sp³-hybridized carbons (Fsp3) is 0.583. The second-order valence-corrected chi connectivity index (χ2v) is 7.73. The topological polar surface area (TPSA) is 61.2 Å². The van der Waals surface area contributed by atoms with Crippen LogP contribution in [0.25, 0.3) is 0 Å². The molecule has 0 atom stereocenters. The molecule has 0 N–H and O–H groups in total. The van der Waals surface area contributed by atoms with Gasteiger partial charge in [0.25, 0.3) is 10.0 Å². The van der Waals surface area contributed by atoms with Gasteiger partial charge in [-0.25, -0.2) is 8.42 Å². The number of nitriles is 1. The first-order valence-corrected chi connectivity index (χ1v) is 8.33. The van der Waals surface area contributed by atoms with Gasteiger partial charge in [0.1, 0.15) is 15.2 Å². The Balaban J connectivity index is 2.15. The fourth-order valence-electron chi connectivity index (χ4n) is 2.20. The number of hydrogen-bond acceptors (Lipinski definition) is 4. The summed E-state index contributed by atoms with van der Waals surface area (Å²) in [5.41, 5.74) is 0. The zero-order valence-electron chi connectivity index (χ0n) is 10.3. The minimum Gasteiger partial charge on any atom is -0.206 e. The molecule has 0 radical (unpaired) electrons. The highest BCUT2D eigenvalue weighted by Gasteiger charge is 2.29. The van der Waals surface area contributed by atoms with E-state index in [1.807, 2.05) is 6.07 Å². The molecule has 0 bridgehead atoms. The highest BCUT2D eigenvalue weighted by Crippen LogP contribution is 2.28. The molecule has 1 saturated heterocycles. The van der Waals surface area contributed by atoms with E-state index in [2.05, 4.69) is 6.92 Å². The van der Waals surface area contributed by atoms with Gasteiger partial charge in [-0.05, 0) is 30.9 Å². The van der Waals surface area contributed by atoms with E-state index in [-0.39, 0.29) is 4.21 Å². The zero-order chi connectivity index (χ0) is 13.2. The van der Waals surface area contributed by atoms with Gasteiger partial charge >= 0.3 is 0 Å². The molecular formula is C12H16N2O2S2. The molecule has 0 aliphatic carbocycles. The Bertz CT molecular complexity index is 549. The van der Waals surface area contributed by atoms with Crippen molar-refractivity contribution in [1.82, 2.24) is 4.31 Å². The Morgan fingerprint density at radius 1 is 1.44 bits per heavy atom. The minimum absolute atomic E-state index is 0.286. The van der Waals surface area contributed by atoms with E-state index in [1.165, 1.54) is 6.07 Å². The molecule has 0 unspecified atom stereocenters. The lowest BCUT2D eigenvalue weighted by molar-refractivity contribution is 0.269. The van der Waals surface area contributed by atoms with Crippen LogP contribution in [0.2, 0.25) is 0 Å². The Hall–Kier alpha value is -0.900. The summed E-state index contributed by atoms with van der Waals surface area (Å²) < 4.78 is 26.5. The van der Waals surface area contributed by atoms with Crippen LogP contribution in [0.5, 0.6) is 0 Å². The van der Waals surface area contributed by atoms with Crippen LogP contribution >= 0.6 is 11.3 Å². The van der Waals surface area contributed by atoms with Crippen LogP contribution in [0, 0.1) is 17.2 Å².